The third-order valence-electron chi connectivity index (χ3n) is 6.24. The number of azo groups is 1. The maximum atomic E-state index is 12.9. The molecule has 0 spiro atoms. The van der Waals surface area contributed by atoms with Gasteiger partial charge in [-0.3, -0.25) is 4.79 Å². The molecule has 1 aromatic carbocycles. The summed E-state index contributed by atoms with van der Waals surface area (Å²) in [5.41, 5.74) is 2.37. The number of benzene rings is 1. The summed E-state index contributed by atoms with van der Waals surface area (Å²) in [7, 11) is 0. The summed E-state index contributed by atoms with van der Waals surface area (Å²) in [6.45, 7) is 7.72. The van der Waals surface area contributed by atoms with Gasteiger partial charge in [0.15, 0.2) is 5.13 Å². The minimum Gasteiger partial charge on any atom is -0.367 e. The quantitative estimate of drug-likeness (QED) is 0.787. The van der Waals surface area contributed by atoms with E-state index in [1.807, 2.05) is 23.6 Å². The monoisotopic (exact) mass is 425 g/mol. The Hall–Kier alpha value is -2.52. The first kappa shape index (κ1) is 19.4. The number of piperidine rings is 1. The number of amides is 1. The van der Waals surface area contributed by atoms with Gasteiger partial charge in [-0.1, -0.05) is 12.1 Å². The first-order valence-electron chi connectivity index (χ1n) is 10.7. The molecule has 9 heteroatoms. The molecule has 1 amide bonds. The molecule has 2 saturated heterocycles. The van der Waals surface area contributed by atoms with Crippen molar-refractivity contribution in [3.8, 4) is 0 Å². The summed E-state index contributed by atoms with van der Waals surface area (Å²) in [5.74, 6) is 0.292. The number of nitrogens with one attached hydrogen (secondary N) is 2. The van der Waals surface area contributed by atoms with Crippen LogP contribution in [0.2, 0.25) is 0 Å². The third-order valence-corrected chi connectivity index (χ3v) is 7.14. The van der Waals surface area contributed by atoms with Crippen LogP contribution in [0.25, 0.3) is 0 Å². The number of fused-ring (bicyclic) bond motifs is 1. The van der Waals surface area contributed by atoms with E-state index in [4.69, 9.17) is 0 Å². The van der Waals surface area contributed by atoms with Crippen molar-refractivity contribution in [1.82, 2.24) is 10.3 Å². The smallest absolute Gasteiger partial charge is 0.275 e. The average molecular weight is 426 g/mol. The molecule has 3 aliphatic rings. The zero-order valence-corrected chi connectivity index (χ0v) is 17.9. The molecule has 0 saturated carbocycles. The fourth-order valence-electron chi connectivity index (χ4n) is 4.50. The molecule has 1 aromatic heterocycles. The van der Waals surface area contributed by atoms with E-state index in [-0.39, 0.29) is 11.9 Å². The van der Waals surface area contributed by atoms with Gasteiger partial charge < -0.3 is 20.4 Å². The van der Waals surface area contributed by atoms with Gasteiger partial charge >= 0.3 is 0 Å². The fourth-order valence-corrected chi connectivity index (χ4v) is 5.34. The van der Waals surface area contributed by atoms with Crippen LogP contribution in [-0.2, 0) is 0 Å². The van der Waals surface area contributed by atoms with E-state index < -0.39 is 0 Å². The van der Waals surface area contributed by atoms with Crippen molar-refractivity contribution in [3.63, 3.8) is 0 Å². The van der Waals surface area contributed by atoms with Crippen LogP contribution in [0.3, 0.4) is 0 Å². The molecule has 2 N–H and O–H groups in total. The van der Waals surface area contributed by atoms with E-state index in [9.17, 15) is 4.79 Å². The van der Waals surface area contributed by atoms with Crippen LogP contribution < -0.4 is 20.4 Å². The van der Waals surface area contributed by atoms with Crippen LogP contribution in [0.5, 0.6) is 0 Å². The normalized spacial score (nSPS) is 26.0. The van der Waals surface area contributed by atoms with Gasteiger partial charge in [0.2, 0.25) is 0 Å². The molecular weight excluding hydrogens is 398 g/mol. The molecule has 0 bridgehead atoms. The van der Waals surface area contributed by atoms with E-state index in [0.717, 1.165) is 62.2 Å². The lowest BCUT2D eigenvalue weighted by Crippen LogP contribution is -2.44. The first-order chi connectivity index (χ1) is 14.7. The van der Waals surface area contributed by atoms with Crippen molar-refractivity contribution < 1.29 is 4.79 Å². The Bertz CT molecular complexity index is 939. The number of thiazole rings is 1. The molecule has 4 heterocycles. The van der Waals surface area contributed by atoms with Crippen LogP contribution in [0.15, 0.2) is 39.9 Å². The Morgan fingerprint density at radius 2 is 2.00 bits per heavy atom. The Kier molecular flexibility index (Phi) is 5.39. The van der Waals surface area contributed by atoms with Crippen LogP contribution in [0.4, 0.5) is 16.5 Å². The molecule has 2 aromatic rings. The number of carbonyl (C=O) groups is 1. The second-order valence-corrected chi connectivity index (χ2v) is 9.00. The Balaban J connectivity index is 1.28. The standard InChI is InChI=1S/C21H27N7OS/c1-14-15-12-28(9-6-16(15)26-25-14)21-24-18(13-30-21)20(29)23-17-4-2-3-5-19(17)27-10-7-22-8-11-27/h2-5,13-16,22H,6-12H2,1H3,(H,23,29). The topological polar surface area (TPSA) is 85.2 Å². The predicted molar refractivity (Wildman–Crippen MR) is 120 cm³/mol. The predicted octanol–water partition coefficient (Wildman–Crippen LogP) is 2.85. The maximum absolute atomic E-state index is 12.9. The van der Waals surface area contributed by atoms with Crippen LogP contribution in [-0.4, -0.2) is 62.2 Å². The van der Waals surface area contributed by atoms with Gasteiger partial charge in [-0.2, -0.15) is 10.2 Å². The van der Waals surface area contributed by atoms with Gasteiger partial charge in [-0.15, -0.1) is 11.3 Å². The number of anilines is 3. The first-order valence-corrected chi connectivity index (χ1v) is 11.5. The van der Waals surface area contributed by atoms with Crippen LogP contribution in [0, 0.1) is 5.92 Å². The number of piperazine rings is 1. The number of rotatable bonds is 4. The highest BCUT2D eigenvalue weighted by molar-refractivity contribution is 7.14. The number of para-hydroxylation sites is 2. The lowest BCUT2D eigenvalue weighted by Gasteiger charge is -2.34. The third kappa shape index (κ3) is 3.79. The zero-order valence-electron chi connectivity index (χ0n) is 17.1. The Morgan fingerprint density at radius 1 is 1.17 bits per heavy atom. The van der Waals surface area contributed by atoms with E-state index in [2.05, 4.69) is 48.6 Å². The largest absolute Gasteiger partial charge is 0.367 e. The number of hydrogen-bond donors (Lipinski definition) is 2. The SMILES string of the molecule is CC1N=NC2CCN(c3nc(C(=O)Nc4ccccc4N4CCNCC4)cs3)CC12. The second kappa shape index (κ2) is 8.31. The lowest BCUT2D eigenvalue weighted by molar-refractivity contribution is 0.102. The number of carbonyl (C=O) groups excluding carboxylic acids is 1. The molecule has 3 unspecified atom stereocenters. The second-order valence-electron chi connectivity index (χ2n) is 8.16. The lowest BCUT2D eigenvalue weighted by atomic mass is 9.89. The molecule has 5 rings (SSSR count). The van der Waals surface area contributed by atoms with E-state index in [1.54, 1.807) is 0 Å². The van der Waals surface area contributed by atoms with Gasteiger partial charge in [0.25, 0.3) is 5.91 Å². The highest BCUT2D eigenvalue weighted by Crippen LogP contribution is 2.34. The molecular formula is C21H27N7OS. The fraction of sp³-hybridized carbons (Fsp3) is 0.524. The molecule has 30 heavy (non-hydrogen) atoms. The summed E-state index contributed by atoms with van der Waals surface area (Å²) < 4.78 is 0. The van der Waals surface area contributed by atoms with E-state index in [1.165, 1.54) is 11.3 Å². The minimum atomic E-state index is -0.158. The summed E-state index contributed by atoms with van der Waals surface area (Å²) in [6, 6.07) is 8.61. The Morgan fingerprint density at radius 3 is 2.87 bits per heavy atom. The van der Waals surface area contributed by atoms with Crippen molar-refractivity contribution >= 4 is 33.8 Å². The molecule has 0 radical (unpaired) electrons. The van der Waals surface area contributed by atoms with Gasteiger partial charge in [0.1, 0.15) is 5.69 Å². The number of aromatic nitrogens is 1. The van der Waals surface area contributed by atoms with Crippen molar-refractivity contribution in [1.29, 1.82) is 0 Å². The van der Waals surface area contributed by atoms with Crippen molar-refractivity contribution in [2.24, 2.45) is 16.1 Å². The van der Waals surface area contributed by atoms with E-state index >= 15 is 0 Å². The molecule has 3 atom stereocenters. The van der Waals surface area contributed by atoms with Crippen molar-refractivity contribution in [2.75, 3.05) is 54.4 Å². The zero-order chi connectivity index (χ0) is 20.5. The van der Waals surface area contributed by atoms with Crippen molar-refractivity contribution in [2.45, 2.75) is 25.4 Å². The Labute approximate surface area is 180 Å². The van der Waals surface area contributed by atoms with Crippen molar-refractivity contribution in [3.05, 3.63) is 35.3 Å². The molecule has 2 fully saturated rings. The maximum Gasteiger partial charge on any atom is 0.275 e. The average Bonchev–Trinajstić information content (AvgIpc) is 3.42. The van der Waals surface area contributed by atoms with Crippen LogP contribution in [0.1, 0.15) is 23.8 Å². The number of nitrogens with zero attached hydrogens (tertiary/aromatic N) is 5. The minimum absolute atomic E-state index is 0.158. The highest BCUT2D eigenvalue weighted by Gasteiger charge is 2.37. The van der Waals surface area contributed by atoms with Crippen LogP contribution >= 0.6 is 11.3 Å². The molecule has 158 valence electrons. The highest BCUT2D eigenvalue weighted by atomic mass is 32.1. The van der Waals surface area contributed by atoms with Gasteiger partial charge in [0, 0.05) is 50.6 Å². The summed E-state index contributed by atoms with van der Waals surface area (Å²) in [6.07, 6.45) is 0.998. The summed E-state index contributed by atoms with van der Waals surface area (Å²) >= 11 is 1.54. The van der Waals surface area contributed by atoms with E-state index in [0.29, 0.717) is 17.7 Å². The number of hydrogen-bond acceptors (Lipinski definition) is 8. The molecule has 3 aliphatic heterocycles. The molecule has 8 nitrogen and oxygen atoms in total. The van der Waals surface area contributed by atoms with Gasteiger partial charge in [0.05, 0.1) is 23.5 Å². The summed E-state index contributed by atoms with van der Waals surface area (Å²) in [5, 5.41) is 18.0. The summed E-state index contributed by atoms with van der Waals surface area (Å²) in [4.78, 5) is 22.2. The van der Waals surface area contributed by atoms with Gasteiger partial charge in [-0.25, -0.2) is 4.98 Å². The van der Waals surface area contributed by atoms with Gasteiger partial charge in [-0.05, 0) is 25.5 Å². The molecule has 0 aliphatic carbocycles.